The SMILES string of the molecule is CCN(CC)S(=O)(=O)c1ccc(C(=O)NCCC(C)(C)C(=O)O)cc1. The average molecular weight is 370 g/mol. The van der Waals surface area contributed by atoms with E-state index < -0.39 is 21.4 Å². The minimum atomic E-state index is -3.55. The maximum Gasteiger partial charge on any atom is 0.309 e. The molecule has 0 aromatic heterocycles. The van der Waals surface area contributed by atoms with Crippen LogP contribution in [-0.2, 0) is 14.8 Å². The van der Waals surface area contributed by atoms with Crippen LogP contribution in [0.25, 0.3) is 0 Å². The minimum Gasteiger partial charge on any atom is -0.481 e. The molecule has 0 aliphatic heterocycles. The molecule has 0 spiro atoms. The van der Waals surface area contributed by atoms with Gasteiger partial charge in [0.1, 0.15) is 0 Å². The monoisotopic (exact) mass is 370 g/mol. The summed E-state index contributed by atoms with van der Waals surface area (Å²) in [4.78, 5) is 23.3. The Hall–Kier alpha value is -1.93. The van der Waals surface area contributed by atoms with Crippen LogP contribution in [0.15, 0.2) is 29.2 Å². The highest BCUT2D eigenvalue weighted by Crippen LogP contribution is 2.19. The molecule has 0 heterocycles. The van der Waals surface area contributed by atoms with Gasteiger partial charge in [-0.15, -0.1) is 0 Å². The van der Waals surface area contributed by atoms with E-state index in [-0.39, 0.29) is 17.3 Å². The number of aliphatic carboxylic acids is 1. The zero-order chi connectivity index (χ0) is 19.3. The van der Waals surface area contributed by atoms with Gasteiger partial charge in [0, 0.05) is 25.2 Å². The molecule has 2 N–H and O–H groups in total. The van der Waals surface area contributed by atoms with E-state index in [4.69, 9.17) is 5.11 Å². The Balaban J connectivity index is 2.76. The normalized spacial score (nSPS) is 12.2. The lowest BCUT2D eigenvalue weighted by Crippen LogP contribution is -2.32. The fraction of sp³-hybridized carbons (Fsp3) is 0.529. The van der Waals surface area contributed by atoms with Crippen LogP contribution in [0.4, 0.5) is 0 Å². The van der Waals surface area contributed by atoms with Crippen molar-refractivity contribution in [2.75, 3.05) is 19.6 Å². The quantitative estimate of drug-likeness (QED) is 0.691. The van der Waals surface area contributed by atoms with Crippen molar-refractivity contribution >= 4 is 21.9 Å². The third kappa shape index (κ3) is 5.27. The lowest BCUT2D eigenvalue weighted by Gasteiger charge is -2.19. The van der Waals surface area contributed by atoms with E-state index in [0.29, 0.717) is 25.1 Å². The summed E-state index contributed by atoms with van der Waals surface area (Å²) in [5.41, 5.74) is -0.596. The lowest BCUT2D eigenvalue weighted by molar-refractivity contribution is -0.147. The molecule has 25 heavy (non-hydrogen) atoms. The van der Waals surface area contributed by atoms with Crippen LogP contribution in [0.5, 0.6) is 0 Å². The van der Waals surface area contributed by atoms with E-state index in [1.807, 2.05) is 0 Å². The Morgan fingerprint density at radius 1 is 1.12 bits per heavy atom. The van der Waals surface area contributed by atoms with Crippen LogP contribution >= 0.6 is 0 Å². The number of hydrogen-bond donors (Lipinski definition) is 2. The summed E-state index contributed by atoms with van der Waals surface area (Å²) >= 11 is 0. The standard InChI is InChI=1S/C17H26N2O5S/c1-5-19(6-2)25(23,24)14-9-7-13(8-10-14)15(20)18-12-11-17(3,4)16(21)22/h7-10H,5-6,11-12H2,1-4H3,(H,18,20)(H,21,22). The third-order valence-corrected chi connectivity index (χ3v) is 6.14. The molecule has 7 nitrogen and oxygen atoms in total. The first-order chi connectivity index (χ1) is 11.6. The lowest BCUT2D eigenvalue weighted by atomic mass is 9.90. The van der Waals surface area contributed by atoms with Gasteiger partial charge in [0.05, 0.1) is 10.3 Å². The zero-order valence-electron chi connectivity index (χ0n) is 15.1. The van der Waals surface area contributed by atoms with E-state index in [1.54, 1.807) is 27.7 Å². The summed E-state index contributed by atoms with van der Waals surface area (Å²) < 4.78 is 26.1. The molecule has 0 bridgehead atoms. The van der Waals surface area contributed by atoms with Gasteiger partial charge in [-0.05, 0) is 44.5 Å². The number of carbonyl (C=O) groups excluding carboxylic acids is 1. The summed E-state index contributed by atoms with van der Waals surface area (Å²) in [6.45, 7) is 7.68. The maximum absolute atomic E-state index is 12.4. The van der Waals surface area contributed by atoms with Crippen molar-refractivity contribution in [3.8, 4) is 0 Å². The first-order valence-corrected chi connectivity index (χ1v) is 9.62. The summed E-state index contributed by atoms with van der Waals surface area (Å²) in [5.74, 6) is -1.29. The topological polar surface area (TPSA) is 104 Å². The number of carbonyl (C=O) groups is 2. The molecule has 1 aromatic carbocycles. The van der Waals surface area contributed by atoms with Crippen LogP contribution in [0.3, 0.4) is 0 Å². The molecule has 0 atom stereocenters. The highest BCUT2D eigenvalue weighted by Gasteiger charge is 2.26. The van der Waals surface area contributed by atoms with E-state index >= 15 is 0 Å². The van der Waals surface area contributed by atoms with Crippen molar-refractivity contribution in [2.45, 2.75) is 39.0 Å². The number of carboxylic acid groups (broad SMARTS) is 1. The Bertz CT molecular complexity index is 707. The Labute approximate surface area is 149 Å². The molecular weight excluding hydrogens is 344 g/mol. The summed E-state index contributed by atoms with van der Waals surface area (Å²) in [6, 6.07) is 5.72. The molecule has 0 saturated heterocycles. The second-order valence-electron chi connectivity index (χ2n) is 6.31. The number of rotatable bonds is 9. The largest absolute Gasteiger partial charge is 0.481 e. The fourth-order valence-corrected chi connectivity index (χ4v) is 3.65. The van der Waals surface area contributed by atoms with Gasteiger partial charge in [-0.1, -0.05) is 13.8 Å². The predicted octanol–water partition coefficient (Wildman–Crippen LogP) is 1.95. The molecule has 0 unspecified atom stereocenters. The van der Waals surface area contributed by atoms with E-state index in [0.717, 1.165) is 0 Å². The van der Waals surface area contributed by atoms with Crippen molar-refractivity contribution in [1.82, 2.24) is 9.62 Å². The first-order valence-electron chi connectivity index (χ1n) is 8.18. The van der Waals surface area contributed by atoms with Crippen molar-refractivity contribution in [3.05, 3.63) is 29.8 Å². The van der Waals surface area contributed by atoms with E-state index in [1.165, 1.54) is 28.6 Å². The molecular formula is C17H26N2O5S. The molecule has 1 amide bonds. The second-order valence-corrected chi connectivity index (χ2v) is 8.25. The highest BCUT2D eigenvalue weighted by molar-refractivity contribution is 7.89. The van der Waals surface area contributed by atoms with Gasteiger partial charge in [-0.25, -0.2) is 8.42 Å². The highest BCUT2D eigenvalue weighted by atomic mass is 32.2. The molecule has 140 valence electrons. The molecule has 1 rings (SSSR count). The van der Waals surface area contributed by atoms with E-state index in [2.05, 4.69) is 5.32 Å². The number of carboxylic acids is 1. The smallest absolute Gasteiger partial charge is 0.309 e. The van der Waals surface area contributed by atoms with Crippen molar-refractivity contribution in [3.63, 3.8) is 0 Å². The number of hydrogen-bond acceptors (Lipinski definition) is 4. The minimum absolute atomic E-state index is 0.139. The van der Waals surface area contributed by atoms with Crippen LogP contribution < -0.4 is 5.32 Å². The van der Waals surface area contributed by atoms with E-state index in [9.17, 15) is 18.0 Å². The van der Waals surface area contributed by atoms with Gasteiger partial charge < -0.3 is 10.4 Å². The van der Waals surface area contributed by atoms with Gasteiger partial charge in [0.15, 0.2) is 0 Å². The summed E-state index contributed by atoms with van der Waals surface area (Å²) in [7, 11) is -3.55. The maximum atomic E-state index is 12.4. The van der Waals surface area contributed by atoms with Crippen LogP contribution in [0.2, 0.25) is 0 Å². The average Bonchev–Trinajstić information content (AvgIpc) is 2.55. The molecule has 0 saturated carbocycles. The second kappa shape index (κ2) is 8.44. The Morgan fingerprint density at radius 3 is 2.08 bits per heavy atom. The van der Waals surface area contributed by atoms with Crippen LogP contribution in [-0.4, -0.2) is 49.3 Å². The van der Waals surface area contributed by atoms with Crippen LogP contribution in [0, 0.1) is 5.41 Å². The zero-order valence-corrected chi connectivity index (χ0v) is 15.9. The number of nitrogens with one attached hydrogen (secondary N) is 1. The first kappa shape index (κ1) is 21.1. The van der Waals surface area contributed by atoms with Gasteiger partial charge in [-0.3, -0.25) is 9.59 Å². The summed E-state index contributed by atoms with van der Waals surface area (Å²) in [6.07, 6.45) is 0.294. The molecule has 0 aliphatic carbocycles. The van der Waals surface area contributed by atoms with Crippen molar-refractivity contribution in [1.29, 1.82) is 0 Å². The Morgan fingerprint density at radius 2 is 1.64 bits per heavy atom. The van der Waals surface area contributed by atoms with Crippen molar-refractivity contribution in [2.24, 2.45) is 5.41 Å². The summed E-state index contributed by atoms with van der Waals surface area (Å²) in [5, 5.41) is 11.7. The number of nitrogens with zero attached hydrogens (tertiary/aromatic N) is 1. The Kier molecular flexibility index (Phi) is 7.13. The molecule has 1 aromatic rings. The van der Waals surface area contributed by atoms with Gasteiger partial charge in [0.25, 0.3) is 5.91 Å². The molecule has 8 heteroatoms. The van der Waals surface area contributed by atoms with Crippen molar-refractivity contribution < 1.29 is 23.1 Å². The third-order valence-electron chi connectivity index (χ3n) is 4.07. The number of sulfonamides is 1. The molecule has 0 fully saturated rings. The van der Waals surface area contributed by atoms with Gasteiger partial charge in [0.2, 0.25) is 10.0 Å². The number of benzene rings is 1. The fourth-order valence-electron chi connectivity index (χ4n) is 2.19. The van der Waals surface area contributed by atoms with Crippen LogP contribution in [0.1, 0.15) is 44.5 Å². The number of amides is 1. The van der Waals surface area contributed by atoms with Gasteiger partial charge in [-0.2, -0.15) is 4.31 Å². The molecule has 0 aliphatic rings. The predicted molar refractivity (Wildman–Crippen MR) is 94.9 cm³/mol. The van der Waals surface area contributed by atoms with Gasteiger partial charge >= 0.3 is 5.97 Å². The molecule has 0 radical (unpaired) electrons.